The number of carbonyl (C=O) groups is 1. The zero-order chi connectivity index (χ0) is 24.0. The molecule has 0 bridgehead atoms. The van der Waals surface area contributed by atoms with Crippen molar-refractivity contribution in [1.29, 1.82) is 0 Å². The van der Waals surface area contributed by atoms with Gasteiger partial charge in [-0.05, 0) is 61.4 Å². The van der Waals surface area contributed by atoms with Crippen molar-refractivity contribution in [3.05, 3.63) is 88.9 Å². The van der Waals surface area contributed by atoms with Gasteiger partial charge in [0.2, 0.25) is 5.91 Å². The number of ether oxygens (including phenoxy) is 1. The van der Waals surface area contributed by atoms with E-state index in [9.17, 15) is 13.2 Å². The number of halogens is 1. The summed E-state index contributed by atoms with van der Waals surface area (Å²) in [5.74, 6) is 0.296. The second-order valence-corrected chi connectivity index (χ2v) is 9.90. The Morgan fingerprint density at radius 2 is 1.73 bits per heavy atom. The van der Waals surface area contributed by atoms with E-state index in [1.807, 2.05) is 38.1 Å². The van der Waals surface area contributed by atoms with Crippen molar-refractivity contribution in [3.8, 4) is 5.75 Å². The zero-order valence-corrected chi connectivity index (χ0v) is 20.4. The van der Waals surface area contributed by atoms with E-state index in [1.54, 1.807) is 37.4 Å². The molecule has 0 aromatic heterocycles. The fraction of sp³-hybridized carbons (Fsp3) is 0.240. The maximum absolute atomic E-state index is 13.5. The Morgan fingerprint density at radius 3 is 2.30 bits per heavy atom. The molecule has 0 fully saturated rings. The normalized spacial score (nSPS) is 12.1. The molecule has 0 heterocycles. The Morgan fingerprint density at radius 1 is 1.06 bits per heavy atom. The van der Waals surface area contributed by atoms with Crippen LogP contribution in [0.3, 0.4) is 0 Å². The molecular formula is C25H27ClN2O4S. The van der Waals surface area contributed by atoms with Crippen LogP contribution >= 0.6 is 11.6 Å². The molecular weight excluding hydrogens is 460 g/mol. The molecule has 6 nitrogen and oxygen atoms in total. The number of sulfonamides is 1. The Bertz CT molecular complexity index is 1200. The van der Waals surface area contributed by atoms with E-state index in [-0.39, 0.29) is 17.5 Å². The standard InChI is InChI=1S/C25H27ClN2O4S/c1-4-24(19-10-12-22(32-3)13-11-19)27-25(29)17-28(21-7-5-6-20(26)16-21)33(30,31)23-14-8-18(2)9-15-23/h5-16,24H,4,17H2,1-3H3,(H,27,29). The minimum absolute atomic E-state index is 0.100. The average Bonchev–Trinajstić information content (AvgIpc) is 2.81. The number of amides is 1. The van der Waals surface area contributed by atoms with Crippen molar-refractivity contribution in [1.82, 2.24) is 5.32 Å². The van der Waals surface area contributed by atoms with Gasteiger partial charge in [-0.25, -0.2) is 8.42 Å². The van der Waals surface area contributed by atoms with Gasteiger partial charge in [-0.2, -0.15) is 0 Å². The predicted molar refractivity (Wildman–Crippen MR) is 131 cm³/mol. The van der Waals surface area contributed by atoms with Crippen molar-refractivity contribution in [2.75, 3.05) is 18.0 Å². The predicted octanol–water partition coefficient (Wildman–Crippen LogP) is 5.12. The molecule has 3 rings (SSSR count). The van der Waals surface area contributed by atoms with Crippen molar-refractivity contribution < 1.29 is 17.9 Å². The minimum Gasteiger partial charge on any atom is -0.497 e. The lowest BCUT2D eigenvalue weighted by atomic mass is 10.0. The fourth-order valence-corrected chi connectivity index (χ4v) is 5.01. The summed E-state index contributed by atoms with van der Waals surface area (Å²) >= 11 is 6.12. The van der Waals surface area contributed by atoms with Crippen molar-refractivity contribution in [3.63, 3.8) is 0 Å². The third kappa shape index (κ3) is 6.06. The average molecular weight is 487 g/mol. The largest absolute Gasteiger partial charge is 0.497 e. The third-order valence-corrected chi connectivity index (χ3v) is 7.28. The van der Waals surface area contributed by atoms with Crippen LogP contribution in [0.4, 0.5) is 5.69 Å². The van der Waals surface area contributed by atoms with Crippen molar-refractivity contribution >= 4 is 33.2 Å². The number of hydrogen-bond donors (Lipinski definition) is 1. The summed E-state index contributed by atoms with van der Waals surface area (Å²) in [6.45, 7) is 3.44. The molecule has 174 valence electrons. The van der Waals surface area contributed by atoms with Gasteiger partial charge in [0.25, 0.3) is 10.0 Å². The number of rotatable bonds is 9. The smallest absolute Gasteiger partial charge is 0.264 e. The van der Waals surface area contributed by atoms with E-state index >= 15 is 0 Å². The molecule has 0 spiro atoms. The van der Waals surface area contributed by atoms with Crippen LogP contribution < -0.4 is 14.4 Å². The second kappa shape index (κ2) is 10.7. The molecule has 8 heteroatoms. The highest BCUT2D eigenvalue weighted by atomic mass is 35.5. The van der Waals surface area contributed by atoms with Gasteiger partial charge in [0.15, 0.2) is 0 Å². The highest BCUT2D eigenvalue weighted by Gasteiger charge is 2.28. The summed E-state index contributed by atoms with van der Waals surface area (Å²) in [6.07, 6.45) is 0.639. The number of nitrogens with zero attached hydrogens (tertiary/aromatic N) is 1. The molecule has 0 aliphatic rings. The first-order valence-electron chi connectivity index (χ1n) is 10.5. The maximum Gasteiger partial charge on any atom is 0.264 e. The fourth-order valence-electron chi connectivity index (χ4n) is 3.41. The molecule has 3 aromatic rings. The SMILES string of the molecule is CCC(NC(=O)CN(c1cccc(Cl)c1)S(=O)(=O)c1ccc(C)cc1)c1ccc(OC)cc1. The number of nitrogens with one attached hydrogen (secondary N) is 1. The second-order valence-electron chi connectivity index (χ2n) is 7.61. The molecule has 0 saturated heterocycles. The van der Waals surface area contributed by atoms with Gasteiger partial charge in [-0.3, -0.25) is 9.10 Å². The Hall–Kier alpha value is -3.03. The van der Waals surface area contributed by atoms with E-state index in [4.69, 9.17) is 16.3 Å². The number of aryl methyl sites for hydroxylation is 1. The van der Waals surface area contributed by atoms with Crippen molar-refractivity contribution in [2.45, 2.75) is 31.2 Å². The first-order valence-corrected chi connectivity index (χ1v) is 12.3. The van der Waals surface area contributed by atoms with Crippen LogP contribution in [0.25, 0.3) is 0 Å². The highest BCUT2D eigenvalue weighted by Crippen LogP contribution is 2.27. The summed E-state index contributed by atoms with van der Waals surface area (Å²) in [6, 6.07) is 20.1. The van der Waals surface area contributed by atoms with E-state index < -0.39 is 15.9 Å². The number of carbonyl (C=O) groups excluding carboxylic acids is 1. The molecule has 1 unspecified atom stereocenters. The molecule has 0 radical (unpaired) electrons. The molecule has 33 heavy (non-hydrogen) atoms. The monoisotopic (exact) mass is 486 g/mol. The Kier molecular flexibility index (Phi) is 8.00. The number of hydrogen-bond acceptors (Lipinski definition) is 4. The molecule has 1 amide bonds. The summed E-state index contributed by atoms with van der Waals surface area (Å²) in [4.78, 5) is 13.1. The molecule has 0 saturated carbocycles. The van der Waals surface area contributed by atoms with Crippen molar-refractivity contribution in [2.24, 2.45) is 0 Å². The number of anilines is 1. The van der Waals surface area contributed by atoms with Crippen LogP contribution in [0, 0.1) is 6.92 Å². The summed E-state index contributed by atoms with van der Waals surface area (Å²) in [7, 11) is -2.41. The molecule has 0 aliphatic carbocycles. The zero-order valence-electron chi connectivity index (χ0n) is 18.8. The summed E-state index contributed by atoms with van der Waals surface area (Å²) in [5, 5.41) is 3.33. The van der Waals surface area contributed by atoms with Crippen LogP contribution in [0.2, 0.25) is 5.02 Å². The van der Waals surface area contributed by atoms with Gasteiger partial charge < -0.3 is 10.1 Å². The van der Waals surface area contributed by atoms with E-state index in [1.165, 1.54) is 18.2 Å². The van der Waals surface area contributed by atoms with Crippen LogP contribution in [-0.2, 0) is 14.8 Å². The van der Waals surface area contributed by atoms with Gasteiger partial charge in [-0.1, -0.05) is 54.4 Å². The lowest BCUT2D eigenvalue weighted by Gasteiger charge is -2.26. The van der Waals surface area contributed by atoms with Crippen LogP contribution in [0.15, 0.2) is 77.7 Å². The van der Waals surface area contributed by atoms with E-state index in [0.717, 1.165) is 21.2 Å². The lowest BCUT2D eigenvalue weighted by molar-refractivity contribution is -0.120. The first kappa shape index (κ1) is 24.6. The molecule has 1 atom stereocenters. The Balaban J connectivity index is 1.89. The van der Waals surface area contributed by atoms with Crippen LogP contribution in [0.5, 0.6) is 5.75 Å². The Labute approximate surface area is 200 Å². The minimum atomic E-state index is -4.00. The lowest BCUT2D eigenvalue weighted by Crippen LogP contribution is -2.42. The van der Waals surface area contributed by atoms with Gasteiger partial charge in [0, 0.05) is 5.02 Å². The highest BCUT2D eigenvalue weighted by molar-refractivity contribution is 7.92. The number of methoxy groups -OCH3 is 1. The van der Waals surface area contributed by atoms with Gasteiger partial charge >= 0.3 is 0 Å². The molecule has 0 aliphatic heterocycles. The molecule has 1 N–H and O–H groups in total. The quantitative estimate of drug-likeness (QED) is 0.455. The van der Waals surface area contributed by atoms with Crippen LogP contribution in [-0.4, -0.2) is 28.0 Å². The maximum atomic E-state index is 13.5. The van der Waals surface area contributed by atoms with Gasteiger partial charge in [0.1, 0.15) is 12.3 Å². The molecule has 3 aromatic carbocycles. The summed E-state index contributed by atoms with van der Waals surface area (Å²) in [5.41, 5.74) is 2.16. The van der Waals surface area contributed by atoms with E-state index in [2.05, 4.69) is 5.32 Å². The summed E-state index contributed by atoms with van der Waals surface area (Å²) < 4.78 is 33.2. The van der Waals surface area contributed by atoms with Gasteiger partial charge in [-0.15, -0.1) is 0 Å². The van der Waals surface area contributed by atoms with E-state index in [0.29, 0.717) is 17.1 Å². The third-order valence-electron chi connectivity index (χ3n) is 5.25. The van der Waals surface area contributed by atoms with Crippen LogP contribution in [0.1, 0.15) is 30.5 Å². The topological polar surface area (TPSA) is 75.7 Å². The first-order chi connectivity index (χ1) is 15.7. The number of benzene rings is 3. The van der Waals surface area contributed by atoms with Gasteiger partial charge in [0.05, 0.1) is 23.7 Å².